The van der Waals surface area contributed by atoms with Gasteiger partial charge in [0.15, 0.2) is 0 Å². The van der Waals surface area contributed by atoms with E-state index >= 15 is 0 Å². The van der Waals surface area contributed by atoms with E-state index in [1.54, 1.807) is 0 Å². The predicted molar refractivity (Wildman–Crippen MR) is 83.6 cm³/mol. The Labute approximate surface area is 136 Å². The highest BCUT2D eigenvalue weighted by Gasteiger charge is 2.37. The number of hydrogen-bond acceptors (Lipinski definition) is 4. The van der Waals surface area contributed by atoms with Crippen molar-refractivity contribution in [2.75, 3.05) is 19.7 Å². The fraction of sp³-hybridized carbons (Fsp3) is 0.571. The van der Waals surface area contributed by atoms with Crippen LogP contribution in [0, 0.1) is 0 Å². The predicted octanol–water partition coefficient (Wildman–Crippen LogP) is 2.96. The summed E-state index contributed by atoms with van der Waals surface area (Å²) in [5.41, 5.74) is 0. The molecule has 0 spiro atoms. The largest absolute Gasteiger partial charge is 0.447 e. The first-order chi connectivity index (χ1) is 10.1. The number of rotatable bonds is 2. The summed E-state index contributed by atoms with van der Waals surface area (Å²) >= 11 is 4.84. The number of nitrogens with zero attached hydrogens (tertiary/aromatic N) is 2. The smallest absolute Gasteiger partial charge is 0.410 e. The Bertz CT molecular complexity index is 554. The topological polar surface area (TPSA) is 49.9 Å². The molecular formula is C14H17BrN2O3S. The number of cyclic esters (lactones) is 1. The maximum atomic E-state index is 12.4. The Hall–Kier alpha value is -1.08. The highest BCUT2D eigenvalue weighted by molar-refractivity contribution is 9.11. The fourth-order valence-electron chi connectivity index (χ4n) is 2.97. The van der Waals surface area contributed by atoms with Gasteiger partial charge in [-0.05, 0) is 47.8 Å². The van der Waals surface area contributed by atoms with Gasteiger partial charge in [-0.3, -0.25) is 9.69 Å². The van der Waals surface area contributed by atoms with Crippen LogP contribution in [-0.4, -0.2) is 53.6 Å². The number of ether oxygens (including phenoxy) is 1. The van der Waals surface area contributed by atoms with Gasteiger partial charge in [-0.15, -0.1) is 11.3 Å². The minimum absolute atomic E-state index is 0.0844. The molecule has 0 aromatic carbocycles. The summed E-state index contributed by atoms with van der Waals surface area (Å²) in [5, 5.41) is 0. The molecule has 1 unspecified atom stereocenters. The first kappa shape index (κ1) is 14.8. The molecule has 0 aliphatic carbocycles. The number of amides is 2. The molecule has 2 aliphatic rings. The van der Waals surface area contributed by atoms with Crippen LogP contribution in [0.5, 0.6) is 0 Å². The first-order valence-corrected chi connectivity index (χ1v) is 8.67. The van der Waals surface area contributed by atoms with Gasteiger partial charge < -0.3 is 9.64 Å². The van der Waals surface area contributed by atoms with Crippen molar-refractivity contribution in [3.63, 3.8) is 0 Å². The molecule has 0 bridgehead atoms. The molecule has 0 radical (unpaired) electrons. The normalized spacial score (nSPS) is 23.5. The van der Waals surface area contributed by atoms with E-state index in [0.717, 1.165) is 21.5 Å². The summed E-state index contributed by atoms with van der Waals surface area (Å²) < 4.78 is 6.05. The molecule has 3 heterocycles. The lowest BCUT2D eigenvalue weighted by Gasteiger charge is -2.37. The van der Waals surface area contributed by atoms with Crippen LogP contribution < -0.4 is 0 Å². The third kappa shape index (κ3) is 2.94. The van der Waals surface area contributed by atoms with Gasteiger partial charge in [-0.2, -0.15) is 0 Å². The summed E-state index contributed by atoms with van der Waals surface area (Å²) in [4.78, 5) is 28.6. The molecule has 2 aliphatic heterocycles. The molecule has 2 saturated heterocycles. The molecule has 0 N–H and O–H groups in total. The number of piperidine rings is 1. The lowest BCUT2D eigenvalue weighted by atomic mass is 10.0. The fourth-order valence-corrected chi connectivity index (χ4v) is 4.32. The molecule has 1 aromatic rings. The second-order valence-electron chi connectivity index (χ2n) is 5.46. The van der Waals surface area contributed by atoms with E-state index < -0.39 is 0 Å². The maximum absolute atomic E-state index is 12.4. The van der Waals surface area contributed by atoms with Crippen LogP contribution in [0.4, 0.5) is 4.79 Å². The number of hydrogen-bond donors (Lipinski definition) is 0. The zero-order valence-electron chi connectivity index (χ0n) is 11.8. The van der Waals surface area contributed by atoms with Gasteiger partial charge in [0, 0.05) is 19.1 Å². The van der Waals surface area contributed by atoms with Gasteiger partial charge in [0.25, 0.3) is 5.91 Å². The van der Waals surface area contributed by atoms with Crippen LogP contribution in [0.2, 0.25) is 0 Å². The van der Waals surface area contributed by atoms with Gasteiger partial charge in [0.1, 0.15) is 6.61 Å². The average molecular weight is 373 g/mol. The van der Waals surface area contributed by atoms with Crippen LogP contribution in [0.15, 0.2) is 15.9 Å². The first-order valence-electron chi connectivity index (χ1n) is 7.06. The summed E-state index contributed by atoms with van der Waals surface area (Å²) in [6.07, 6.45) is 1.42. The summed E-state index contributed by atoms with van der Waals surface area (Å²) in [7, 11) is 0. The molecule has 2 fully saturated rings. The highest BCUT2D eigenvalue weighted by Crippen LogP contribution is 2.27. The van der Waals surface area contributed by atoms with Crippen LogP contribution in [0.1, 0.15) is 29.4 Å². The van der Waals surface area contributed by atoms with Crippen molar-refractivity contribution >= 4 is 39.3 Å². The van der Waals surface area contributed by atoms with Crippen molar-refractivity contribution in [3.05, 3.63) is 20.8 Å². The van der Waals surface area contributed by atoms with Gasteiger partial charge in [-0.25, -0.2) is 4.79 Å². The SMILES string of the molecule is CC1COC(=O)N1C1CCN(C(=O)c2ccc(Br)s2)CC1. The Kier molecular flexibility index (Phi) is 4.21. The van der Waals surface area contributed by atoms with E-state index in [0.29, 0.717) is 19.7 Å². The minimum atomic E-state index is -0.213. The second-order valence-corrected chi connectivity index (χ2v) is 7.92. The van der Waals surface area contributed by atoms with Gasteiger partial charge >= 0.3 is 6.09 Å². The highest BCUT2D eigenvalue weighted by atomic mass is 79.9. The van der Waals surface area contributed by atoms with Crippen molar-refractivity contribution in [3.8, 4) is 0 Å². The van der Waals surface area contributed by atoms with Crippen LogP contribution in [-0.2, 0) is 4.74 Å². The molecule has 7 heteroatoms. The maximum Gasteiger partial charge on any atom is 0.410 e. The quantitative estimate of drug-likeness (QED) is 0.801. The lowest BCUT2D eigenvalue weighted by Crippen LogP contribution is -2.49. The van der Waals surface area contributed by atoms with Crippen LogP contribution >= 0.6 is 27.3 Å². The molecule has 1 aromatic heterocycles. The van der Waals surface area contributed by atoms with E-state index in [2.05, 4.69) is 15.9 Å². The van der Waals surface area contributed by atoms with Gasteiger partial charge in [0.2, 0.25) is 0 Å². The van der Waals surface area contributed by atoms with Crippen molar-refractivity contribution in [1.29, 1.82) is 0 Å². The van der Waals surface area contributed by atoms with Crippen molar-refractivity contribution in [2.24, 2.45) is 0 Å². The number of carbonyl (C=O) groups is 2. The number of likely N-dealkylation sites (tertiary alicyclic amines) is 1. The number of carbonyl (C=O) groups excluding carboxylic acids is 2. The van der Waals surface area contributed by atoms with Crippen molar-refractivity contribution in [2.45, 2.75) is 31.8 Å². The van der Waals surface area contributed by atoms with Gasteiger partial charge in [0.05, 0.1) is 14.7 Å². The third-order valence-corrected chi connectivity index (χ3v) is 5.67. The Morgan fingerprint density at radius 1 is 1.38 bits per heavy atom. The zero-order chi connectivity index (χ0) is 15.0. The van der Waals surface area contributed by atoms with Crippen molar-refractivity contribution < 1.29 is 14.3 Å². The number of halogens is 1. The molecule has 5 nitrogen and oxygen atoms in total. The molecule has 1 atom stereocenters. The molecule has 114 valence electrons. The molecular weight excluding hydrogens is 356 g/mol. The van der Waals surface area contributed by atoms with E-state index in [9.17, 15) is 9.59 Å². The lowest BCUT2D eigenvalue weighted by molar-refractivity contribution is 0.0646. The molecule has 3 rings (SSSR count). The zero-order valence-corrected chi connectivity index (χ0v) is 14.2. The van der Waals surface area contributed by atoms with E-state index in [1.165, 1.54) is 11.3 Å². The average Bonchev–Trinajstić information content (AvgIpc) is 3.05. The summed E-state index contributed by atoms with van der Waals surface area (Å²) in [6.45, 7) is 3.86. The van der Waals surface area contributed by atoms with Crippen molar-refractivity contribution in [1.82, 2.24) is 9.80 Å². The Balaban J connectivity index is 1.60. The molecule has 2 amide bonds. The van der Waals surface area contributed by atoms with Gasteiger partial charge in [-0.1, -0.05) is 0 Å². The van der Waals surface area contributed by atoms with Crippen LogP contribution in [0.25, 0.3) is 0 Å². The Morgan fingerprint density at radius 3 is 2.62 bits per heavy atom. The monoisotopic (exact) mass is 372 g/mol. The summed E-state index contributed by atoms with van der Waals surface area (Å²) in [5.74, 6) is 0.0844. The second kappa shape index (κ2) is 5.96. The summed E-state index contributed by atoms with van der Waals surface area (Å²) in [6, 6.07) is 4.07. The van der Waals surface area contributed by atoms with E-state index in [4.69, 9.17) is 4.74 Å². The standard InChI is InChI=1S/C14H17BrN2O3S/c1-9-8-20-14(19)17(9)10-4-6-16(7-5-10)13(18)11-2-3-12(15)21-11/h2-3,9-10H,4-8H2,1H3. The van der Waals surface area contributed by atoms with E-state index in [1.807, 2.05) is 28.9 Å². The van der Waals surface area contributed by atoms with E-state index in [-0.39, 0.29) is 24.1 Å². The minimum Gasteiger partial charge on any atom is -0.447 e. The Morgan fingerprint density at radius 2 is 2.10 bits per heavy atom. The number of thiophene rings is 1. The molecule has 21 heavy (non-hydrogen) atoms. The molecule has 0 saturated carbocycles. The van der Waals surface area contributed by atoms with Crippen LogP contribution in [0.3, 0.4) is 0 Å². The third-order valence-electron chi connectivity index (χ3n) is 4.06.